The molecule has 0 fully saturated rings. The number of hydrogen-bond donors (Lipinski definition) is 0. The second-order valence-corrected chi connectivity index (χ2v) is 30.6. The van der Waals surface area contributed by atoms with E-state index in [1.54, 1.807) is 0 Å². The highest BCUT2D eigenvalue weighted by molar-refractivity contribution is 5.84. The molecule has 21 rings (SSSR count). The van der Waals surface area contributed by atoms with Gasteiger partial charge in [0.2, 0.25) is 0 Å². The van der Waals surface area contributed by atoms with Gasteiger partial charge in [0, 0.05) is 0 Å². The molecule has 0 aromatic heterocycles. The number of hydrogen-bond acceptors (Lipinski definition) is 0. The van der Waals surface area contributed by atoms with Crippen molar-refractivity contribution < 1.29 is 0 Å². The zero-order chi connectivity index (χ0) is 98.9. The minimum Gasteiger partial charge on any atom is -0.0683 e. The van der Waals surface area contributed by atoms with Crippen LogP contribution >= 0.6 is 0 Å². The van der Waals surface area contributed by atoms with E-state index in [1.165, 1.54) is 144 Å². The summed E-state index contributed by atoms with van der Waals surface area (Å²) >= 11 is 0. The Morgan fingerprint density at radius 1 is 0.0942 bits per heavy atom. The summed E-state index contributed by atoms with van der Waals surface area (Å²) in [7, 11) is 0. The molecule has 0 nitrogen and oxygen atoms in total. The topological polar surface area (TPSA) is 0 Å². The first-order chi connectivity index (χ1) is 68.1. The Morgan fingerprint density at radius 2 is 0.210 bits per heavy atom. The van der Waals surface area contributed by atoms with Crippen LogP contribution in [0.1, 0.15) is 103 Å². The van der Waals surface area contributed by atoms with Crippen LogP contribution in [-0.2, 0) is 0 Å². The molecule has 21 aromatic rings. The molecule has 21 aromatic carbocycles. The summed E-state index contributed by atoms with van der Waals surface area (Å²) in [5, 5.41) is 5.24. The van der Waals surface area contributed by atoms with Crippen molar-refractivity contribution in [1.29, 1.82) is 0 Å². The molecule has 0 atom stereocenters. The first-order valence-electron chi connectivity index (χ1n) is 48.9. The highest BCUT2D eigenvalue weighted by atomic mass is 14.1. The lowest BCUT2D eigenvalue weighted by Crippen LogP contribution is -1.87. The standard InChI is InChI=1S/C19H16.3C18H14.2C10H8.5C7H8.5C2H6/c1-15-18(16-9-4-2-5-10-16)13-8-14-19(15)17-11-6-3-7-12-17;1-3-8-15(9-4-1)17-12-7-13-18(14-17)16-10-5-2-6-11-16;2*1-3-7-15(8-4-1)17-11-13-18(14-12-17)16-9-5-2-6-10-16;2*1-2-6-10-8-4-3-7-9(10)5-1;5*1-7-5-3-2-4-6-7;5*1-2/h2-14H,1H3;3*1-14H;2*1-8H;5*2-6H,1H3;5*1-2H3. The highest BCUT2D eigenvalue weighted by Crippen LogP contribution is 2.33. The predicted molar refractivity (Wildman–Crippen MR) is 615 cm³/mol. The van der Waals surface area contributed by atoms with E-state index in [1.807, 2.05) is 197 Å². The summed E-state index contributed by atoms with van der Waals surface area (Å²) in [6, 6.07) is 201. The third-order valence-electron chi connectivity index (χ3n) is 20.8. The summed E-state index contributed by atoms with van der Waals surface area (Å²) in [6.07, 6.45) is 0. The van der Waals surface area contributed by atoms with Crippen molar-refractivity contribution in [1.82, 2.24) is 0 Å². The first-order valence-corrected chi connectivity index (χ1v) is 48.9. The molecule has 0 aliphatic carbocycles. The summed E-state index contributed by atoms with van der Waals surface area (Å²) in [5.41, 5.74) is 28.2. The van der Waals surface area contributed by atoms with Gasteiger partial charge in [-0.25, -0.2) is 0 Å². The van der Waals surface area contributed by atoms with Crippen molar-refractivity contribution in [2.75, 3.05) is 0 Å². The molecular weight excluding hydrogens is 1660 g/mol. The Hall–Kier alpha value is -15.9. The van der Waals surface area contributed by atoms with E-state index in [-0.39, 0.29) is 0 Å². The molecule has 0 heterocycles. The van der Waals surface area contributed by atoms with E-state index in [4.69, 9.17) is 0 Å². The Bertz CT molecular complexity index is 5710. The second kappa shape index (κ2) is 69.9. The molecule has 696 valence electrons. The van der Waals surface area contributed by atoms with Crippen LogP contribution in [0.3, 0.4) is 0 Å². The molecule has 0 saturated heterocycles. The molecule has 0 unspecified atom stereocenters. The van der Waals surface area contributed by atoms with Gasteiger partial charge in [0.15, 0.2) is 0 Å². The second-order valence-electron chi connectivity index (χ2n) is 30.6. The average molecular weight is 1800 g/mol. The van der Waals surface area contributed by atoms with Gasteiger partial charge in [0.05, 0.1) is 0 Å². The summed E-state index contributed by atoms with van der Waals surface area (Å²) in [5.74, 6) is 0. The number of aryl methyl sites for hydroxylation is 5. The van der Waals surface area contributed by atoms with Crippen molar-refractivity contribution >= 4 is 21.5 Å². The van der Waals surface area contributed by atoms with Gasteiger partial charge in [-0.1, -0.05) is 673 Å². The van der Waals surface area contributed by atoms with E-state index in [0.717, 1.165) is 0 Å². The highest BCUT2D eigenvalue weighted by Gasteiger charge is 2.08. The third kappa shape index (κ3) is 42.6. The van der Waals surface area contributed by atoms with Crippen molar-refractivity contribution in [2.24, 2.45) is 0 Å². The Morgan fingerprint density at radius 3 is 0.362 bits per heavy atom. The minimum atomic E-state index is 1.26. The van der Waals surface area contributed by atoms with Gasteiger partial charge in [-0.05, 0) is 164 Å². The molecule has 138 heavy (non-hydrogen) atoms. The van der Waals surface area contributed by atoms with Crippen LogP contribution in [0.15, 0.2) is 582 Å². The normalized spacial score (nSPS) is 9.30. The van der Waals surface area contributed by atoms with Crippen molar-refractivity contribution in [2.45, 2.75) is 111 Å². The maximum absolute atomic E-state index is 2.24. The van der Waals surface area contributed by atoms with Gasteiger partial charge in [0.1, 0.15) is 0 Å². The smallest absolute Gasteiger partial charge is 0.0149 e. The average Bonchev–Trinajstić information content (AvgIpc) is 0.811. The molecule has 0 radical (unpaired) electrons. The number of rotatable bonds is 8. The van der Waals surface area contributed by atoms with Crippen molar-refractivity contribution in [3.8, 4) is 89.0 Å². The molecule has 0 heteroatoms. The molecule has 0 amide bonds. The zero-order valence-corrected chi connectivity index (χ0v) is 84.4. The van der Waals surface area contributed by atoms with Crippen LogP contribution in [0.2, 0.25) is 0 Å². The molecule has 0 N–H and O–H groups in total. The van der Waals surface area contributed by atoms with Crippen LogP contribution in [0.5, 0.6) is 0 Å². The predicted octanol–water partition coefficient (Wildman–Crippen LogP) is 41.2. The Balaban J connectivity index is 0.000000235. The fourth-order valence-electron chi connectivity index (χ4n) is 13.8. The zero-order valence-electron chi connectivity index (χ0n) is 84.4. The third-order valence-corrected chi connectivity index (χ3v) is 20.8. The fraction of sp³-hybridized carbons (Fsp3) is 0.116. The van der Waals surface area contributed by atoms with E-state index in [0.29, 0.717) is 0 Å². The quantitative estimate of drug-likeness (QED) is 0.142. The van der Waals surface area contributed by atoms with Crippen LogP contribution in [-0.4, -0.2) is 0 Å². The molecule has 0 saturated carbocycles. The number of fused-ring (bicyclic) bond motifs is 2. The lowest BCUT2D eigenvalue weighted by Gasteiger charge is -2.11. The van der Waals surface area contributed by atoms with Crippen LogP contribution in [0, 0.1) is 41.5 Å². The molecule has 0 bridgehead atoms. The number of benzene rings is 21. The Kier molecular flexibility index (Phi) is 56.2. The summed E-state index contributed by atoms with van der Waals surface area (Å²) < 4.78 is 0. The van der Waals surface area contributed by atoms with E-state index < -0.39 is 0 Å². The van der Waals surface area contributed by atoms with Crippen LogP contribution in [0.25, 0.3) is 111 Å². The lowest BCUT2D eigenvalue weighted by atomic mass is 9.93. The molecule has 0 aliphatic heterocycles. The van der Waals surface area contributed by atoms with Crippen molar-refractivity contribution in [3.63, 3.8) is 0 Å². The van der Waals surface area contributed by atoms with Crippen molar-refractivity contribution in [3.05, 3.63) is 616 Å². The fourth-order valence-corrected chi connectivity index (χ4v) is 13.8. The van der Waals surface area contributed by atoms with Gasteiger partial charge in [-0.3, -0.25) is 0 Å². The van der Waals surface area contributed by atoms with Gasteiger partial charge >= 0.3 is 0 Å². The molecule has 0 aliphatic rings. The first kappa shape index (κ1) is 111. The maximum Gasteiger partial charge on any atom is -0.0149 e. The molecular formula is C138H144. The Labute approximate surface area is 831 Å². The van der Waals surface area contributed by atoms with E-state index >= 15 is 0 Å². The van der Waals surface area contributed by atoms with E-state index in [2.05, 4.69) is 497 Å². The largest absolute Gasteiger partial charge is 0.0683 e. The van der Waals surface area contributed by atoms with Gasteiger partial charge in [-0.2, -0.15) is 0 Å². The van der Waals surface area contributed by atoms with Gasteiger partial charge < -0.3 is 0 Å². The van der Waals surface area contributed by atoms with E-state index in [9.17, 15) is 0 Å². The van der Waals surface area contributed by atoms with Gasteiger partial charge in [0.25, 0.3) is 0 Å². The van der Waals surface area contributed by atoms with Crippen LogP contribution < -0.4 is 0 Å². The minimum absolute atomic E-state index is 1.26. The summed E-state index contributed by atoms with van der Waals surface area (Å²) in [4.78, 5) is 0. The summed E-state index contributed by atoms with van der Waals surface area (Å²) in [6.45, 7) is 32.6. The van der Waals surface area contributed by atoms with Crippen LogP contribution in [0.4, 0.5) is 0 Å². The van der Waals surface area contributed by atoms with Gasteiger partial charge in [-0.15, -0.1) is 0 Å². The SMILES string of the molecule is CC.CC.CC.CC.CC.Cc1c(-c2ccccc2)cccc1-c1ccccc1.Cc1ccccc1.Cc1ccccc1.Cc1ccccc1.Cc1ccccc1.Cc1ccccc1.c1ccc(-c2ccc(-c3ccccc3)cc2)cc1.c1ccc(-c2ccc(-c3ccccc3)cc2)cc1.c1ccc(-c2cccc(-c3ccccc3)c2)cc1.c1ccc2ccccc2c1.c1ccc2ccccc2c1. The monoisotopic (exact) mass is 1800 g/mol. The lowest BCUT2D eigenvalue weighted by molar-refractivity contribution is 1.45. The maximum atomic E-state index is 2.24. The molecule has 0 spiro atoms.